The van der Waals surface area contributed by atoms with E-state index in [1.807, 2.05) is 0 Å². The number of non-ortho nitro benzene ring substituents is 1. The molecule has 2 rings (SSSR count). The van der Waals surface area contributed by atoms with Crippen molar-refractivity contribution in [3.05, 3.63) is 62.6 Å². The van der Waals surface area contributed by atoms with Crippen LogP contribution in [0.2, 0.25) is 10.0 Å². The zero-order valence-electron chi connectivity index (χ0n) is 12.2. The molecule has 0 N–H and O–H groups in total. The monoisotopic (exact) mass is 422 g/mol. The highest BCUT2D eigenvalue weighted by atomic mass is 35.5. The molecular formula is C14H9Cl3N2O5S. The van der Waals surface area contributed by atoms with Crippen LogP contribution in [0, 0.1) is 10.1 Å². The molecule has 2 aromatic rings. The molecule has 0 aliphatic heterocycles. The van der Waals surface area contributed by atoms with Crippen LogP contribution in [0.5, 0.6) is 0 Å². The van der Waals surface area contributed by atoms with Crippen molar-refractivity contribution in [2.24, 2.45) is 0 Å². The van der Waals surface area contributed by atoms with Gasteiger partial charge in [-0.1, -0.05) is 29.3 Å². The van der Waals surface area contributed by atoms with Crippen molar-refractivity contribution in [2.75, 3.05) is 10.8 Å². The molecule has 0 heterocycles. The summed E-state index contributed by atoms with van der Waals surface area (Å²) in [6.45, 7) is -0.714. The third-order valence-corrected chi connectivity index (χ3v) is 5.48. The zero-order valence-corrected chi connectivity index (χ0v) is 15.3. The molecule has 2 aromatic carbocycles. The third-order valence-electron chi connectivity index (χ3n) is 3.06. The first-order chi connectivity index (χ1) is 11.6. The van der Waals surface area contributed by atoms with Gasteiger partial charge in [0.05, 0.1) is 20.5 Å². The molecule has 0 saturated carbocycles. The summed E-state index contributed by atoms with van der Waals surface area (Å²) in [6.07, 6.45) is 0. The maximum Gasteiger partial charge on any atom is 0.270 e. The summed E-state index contributed by atoms with van der Waals surface area (Å²) in [5.74, 6) is 0. The first-order valence-electron chi connectivity index (χ1n) is 6.53. The Morgan fingerprint density at radius 1 is 1.16 bits per heavy atom. The lowest BCUT2D eigenvalue weighted by molar-refractivity contribution is -0.385. The highest BCUT2D eigenvalue weighted by Crippen LogP contribution is 2.33. The van der Waals surface area contributed by atoms with Crippen LogP contribution >= 0.6 is 34.8 Å². The molecule has 0 unspecified atom stereocenters. The number of anilines is 1. The van der Waals surface area contributed by atoms with Gasteiger partial charge in [-0.15, -0.1) is 0 Å². The van der Waals surface area contributed by atoms with E-state index in [1.165, 1.54) is 24.3 Å². The Hall–Kier alpha value is -1.87. The summed E-state index contributed by atoms with van der Waals surface area (Å²) in [7, 11) is -4.34. The number of sulfonamides is 1. The second-order valence-corrected chi connectivity index (χ2v) is 7.84. The first-order valence-corrected chi connectivity index (χ1v) is 9.11. The number of halogens is 3. The topological polar surface area (TPSA) is 97.6 Å². The Morgan fingerprint density at radius 2 is 1.84 bits per heavy atom. The van der Waals surface area contributed by atoms with Gasteiger partial charge in [-0.2, -0.15) is 0 Å². The summed E-state index contributed by atoms with van der Waals surface area (Å²) < 4.78 is 26.4. The fourth-order valence-electron chi connectivity index (χ4n) is 1.98. The van der Waals surface area contributed by atoms with Crippen LogP contribution in [0.1, 0.15) is 0 Å². The van der Waals surface area contributed by atoms with Gasteiger partial charge in [-0.3, -0.25) is 19.2 Å². The standard InChI is InChI=1S/C14H9Cl3N2O5S/c15-9-4-5-13(12(16)6-9)18(8-14(17)20)25(23,24)11-3-1-2-10(7-11)19(21)22/h1-7H,8H2. The molecule has 132 valence electrons. The summed E-state index contributed by atoms with van der Waals surface area (Å²) >= 11 is 17.2. The Bertz CT molecular complexity index is 949. The maximum absolute atomic E-state index is 12.9. The van der Waals surface area contributed by atoms with E-state index in [4.69, 9.17) is 34.8 Å². The summed E-state index contributed by atoms with van der Waals surface area (Å²) in [5.41, 5.74) is -0.452. The fourth-order valence-corrected chi connectivity index (χ4v) is 4.21. The predicted molar refractivity (Wildman–Crippen MR) is 95.0 cm³/mol. The van der Waals surface area contributed by atoms with Crippen LogP contribution in [0.15, 0.2) is 47.4 Å². The van der Waals surface area contributed by atoms with Gasteiger partial charge in [-0.25, -0.2) is 8.42 Å². The zero-order chi connectivity index (χ0) is 18.8. The molecular weight excluding hydrogens is 415 g/mol. The van der Waals surface area contributed by atoms with Crippen LogP contribution in [0.25, 0.3) is 0 Å². The highest BCUT2D eigenvalue weighted by molar-refractivity contribution is 7.92. The summed E-state index contributed by atoms with van der Waals surface area (Å²) in [6, 6.07) is 8.40. The fraction of sp³-hybridized carbons (Fsp3) is 0.0714. The normalized spacial score (nSPS) is 11.2. The lowest BCUT2D eigenvalue weighted by Crippen LogP contribution is -2.34. The molecule has 0 aliphatic rings. The van der Waals surface area contributed by atoms with Crippen LogP contribution in [-0.4, -0.2) is 25.1 Å². The van der Waals surface area contributed by atoms with Gasteiger partial charge < -0.3 is 0 Å². The molecule has 0 saturated heterocycles. The van der Waals surface area contributed by atoms with Gasteiger partial charge in [0.1, 0.15) is 6.54 Å². The van der Waals surface area contributed by atoms with Crippen LogP contribution in [0.3, 0.4) is 0 Å². The predicted octanol–water partition coefficient (Wildman–Crippen LogP) is 3.86. The summed E-state index contributed by atoms with van der Waals surface area (Å²) in [5, 5.41) is 10.2. The third kappa shape index (κ3) is 4.40. The second kappa shape index (κ2) is 7.57. The average molecular weight is 424 g/mol. The van der Waals surface area contributed by atoms with Crippen molar-refractivity contribution in [1.82, 2.24) is 0 Å². The van der Waals surface area contributed by atoms with Crippen molar-refractivity contribution in [3.8, 4) is 0 Å². The molecule has 0 fully saturated rings. The minimum absolute atomic E-state index is 0.0283. The number of nitro groups is 1. The van der Waals surface area contributed by atoms with Gasteiger partial charge in [0, 0.05) is 17.2 Å². The van der Waals surface area contributed by atoms with E-state index in [0.717, 1.165) is 18.2 Å². The summed E-state index contributed by atoms with van der Waals surface area (Å²) in [4.78, 5) is 21.1. The van der Waals surface area contributed by atoms with E-state index in [2.05, 4.69) is 0 Å². The van der Waals surface area contributed by atoms with Crippen molar-refractivity contribution >= 4 is 61.4 Å². The van der Waals surface area contributed by atoms with Gasteiger partial charge in [0.2, 0.25) is 5.24 Å². The number of hydrogen-bond acceptors (Lipinski definition) is 5. The SMILES string of the molecule is O=C(Cl)CN(c1ccc(Cl)cc1Cl)S(=O)(=O)c1cccc([N+](=O)[O-])c1. The number of benzene rings is 2. The maximum atomic E-state index is 12.9. The minimum atomic E-state index is -4.34. The van der Waals surface area contributed by atoms with Gasteiger partial charge in [0.15, 0.2) is 0 Å². The van der Waals surface area contributed by atoms with E-state index >= 15 is 0 Å². The second-order valence-electron chi connectivity index (χ2n) is 4.72. The molecule has 7 nitrogen and oxygen atoms in total. The number of nitro benzene ring substituents is 1. The molecule has 0 radical (unpaired) electrons. The largest absolute Gasteiger partial charge is 0.279 e. The van der Waals surface area contributed by atoms with E-state index in [1.54, 1.807) is 0 Å². The molecule has 0 amide bonds. The van der Waals surface area contributed by atoms with Crippen molar-refractivity contribution < 1.29 is 18.1 Å². The molecule has 0 bridgehead atoms. The van der Waals surface area contributed by atoms with E-state index in [-0.39, 0.29) is 20.6 Å². The lowest BCUT2D eigenvalue weighted by atomic mass is 10.3. The number of hydrogen-bond donors (Lipinski definition) is 0. The van der Waals surface area contributed by atoms with Gasteiger partial charge in [-0.05, 0) is 35.9 Å². The Balaban J connectivity index is 2.62. The van der Waals surface area contributed by atoms with Crippen molar-refractivity contribution in [2.45, 2.75) is 4.90 Å². The number of carbonyl (C=O) groups excluding carboxylic acids is 1. The van der Waals surface area contributed by atoms with E-state index in [9.17, 15) is 23.3 Å². The van der Waals surface area contributed by atoms with Crippen LogP contribution in [-0.2, 0) is 14.8 Å². The smallest absolute Gasteiger partial charge is 0.270 e. The Kier molecular flexibility index (Phi) is 5.89. The average Bonchev–Trinajstić information content (AvgIpc) is 2.53. The Morgan fingerprint density at radius 3 is 2.40 bits per heavy atom. The van der Waals surface area contributed by atoms with Gasteiger partial charge in [0.25, 0.3) is 15.7 Å². The van der Waals surface area contributed by atoms with Gasteiger partial charge >= 0.3 is 0 Å². The quantitative estimate of drug-likeness (QED) is 0.399. The molecule has 0 aromatic heterocycles. The Labute approximate surface area is 157 Å². The van der Waals surface area contributed by atoms with Crippen LogP contribution < -0.4 is 4.31 Å². The molecule has 25 heavy (non-hydrogen) atoms. The lowest BCUT2D eigenvalue weighted by Gasteiger charge is -2.24. The van der Waals surface area contributed by atoms with E-state index in [0.29, 0.717) is 4.31 Å². The minimum Gasteiger partial charge on any atom is -0.279 e. The first kappa shape index (κ1) is 19.5. The number of rotatable bonds is 6. The highest BCUT2D eigenvalue weighted by Gasteiger charge is 2.29. The molecule has 0 atom stereocenters. The van der Waals surface area contributed by atoms with Crippen LogP contribution in [0.4, 0.5) is 11.4 Å². The van der Waals surface area contributed by atoms with Crippen molar-refractivity contribution in [3.63, 3.8) is 0 Å². The number of nitrogens with zero attached hydrogens (tertiary/aromatic N) is 2. The van der Waals surface area contributed by atoms with E-state index < -0.39 is 32.4 Å². The number of carbonyl (C=O) groups is 1. The molecule has 0 spiro atoms. The molecule has 0 aliphatic carbocycles. The molecule has 11 heteroatoms. The van der Waals surface area contributed by atoms with Crippen molar-refractivity contribution in [1.29, 1.82) is 0 Å².